The summed E-state index contributed by atoms with van der Waals surface area (Å²) in [4.78, 5) is 10.1. The van der Waals surface area contributed by atoms with Gasteiger partial charge in [-0.3, -0.25) is 0 Å². The van der Waals surface area contributed by atoms with Gasteiger partial charge in [-0.25, -0.2) is 9.16 Å². The third kappa shape index (κ3) is 3.42. The van der Waals surface area contributed by atoms with Crippen LogP contribution in [0.3, 0.4) is 0 Å². The second-order valence-corrected chi connectivity index (χ2v) is 2.13. The van der Waals surface area contributed by atoms with Crippen molar-refractivity contribution in [2.75, 3.05) is 5.75 Å². The van der Waals surface area contributed by atoms with Crippen LogP contribution < -0.4 is 0 Å². The highest BCUT2D eigenvalue weighted by Crippen LogP contribution is 1.98. The van der Waals surface area contributed by atoms with Crippen molar-refractivity contribution in [3.05, 3.63) is 0 Å². The summed E-state index contributed by atoms with van der Waals surface area (Å²) < 4.78 is 3.21. The SMILES string of the molecule is O=C(O)C(CCS)N=S. The molecule has 0 aromatic rings. The molecule has 0 aliphatic rings. The largest absolute Gasteiger partial charge is 0.480 e. The smallest absolute Gasteiger partial charge is 0.329 e. The van der Waals surface area contributed by atoms with E-state index in [0.29, 0.717) is 12.2 Å². The molecule has 0 aromatic carbocycles. The van der Waals surface area contributed by atoms with E-state index in [1.807, 2.05) is 0 Å². The van der Waals surface area contributed by atoms with Gasteiger partial charge in [-0.1, -0.05) is 0 Å². The molecule has 9 heavy (non-hydrogen) atoms. The van der Waals surface area contributed by atoms with Gasteiger partial charge < -0.3 is 5.11 Å². The van der Waals surface area contributed by atoms with Gasteiger partial charge in [0.05, 0.1) is 0 Å². The van der Waals surface area contributed by atoms with Crippen molar-refractivity contribution < 1.29 is 9.90 Å². The molecule has 0 aliphatic heterocycles. The van der Waals surface area contributed by atoms with Crippen molar-refractivity contribution in [1.82, 2.24) is 0 Å². The van der Waals surface area contributed by atoms with E-state index in [2.05, 4.69) is 29.4 Å². The second kappa shape index (κ2) is 4.69. The lowest BCUT2D eigenvalue weighted by Gasteiger charge is -1.99. The molecular weight excluding hydrogens is 158 g/mol. The molecule has 1 unspecified atom stereocenters. The van der Waals surface area contributed by atoms with Crippen LogP contribution >= 0.6 is 12.6 Å². The van der Waals surface area contributed by atoms with Gasteiger partial charge in [-0.05, 0) is 12.2 Å². The van der Waals surface area contributed by atoms with Crippen LogP contribution in [0, 0.1) is 0 Å². The van der Waals surface area contributed by atoms with Gasteiger partial charge in [-0.15, -0.1) is 0 Å². The Morgan fingerprint density at radius 2 is 2.44 bits per heavy atom. The Labute approximate surface area is 64.0 Å². The summed E-state index contributed by atoms with van der Waals surface area (Å²) in [7, 11) is 0. The Bertz CT molecular complexity index is 117. The summed E-state index contributed by atoms with van der Waals surface area (Å²) in [6, 6.07) is -0.752. The predicted octanol–water partition coefficient (Wildman–Crippen LogP) is 0.490. The molecule has 0 bridgehead atoms. The minimum atomic E-state index is -0.973. The fraction of sp³-hybridized carbons (Fsp3) is 0.750. The van der Waals surface area contributed by atoms with Crippen molar-refractivity contribution in [3.63, 3.8) is 0 Å². The molecule has 0 radical (unpaired) electrons. The standard InChI is InChI=1S/C4H7NO2S2/c6-4(7)3(5-9)1-2-8/h3,8H,1-2H2,(H,6,7). The van der Waals surface area contributed by atoms with E-state index < -0.39 is 12.0 Å². The quantitative estimate of drug-likeness (QED) is 0.596. The molecule has 3 nitrogen and oxygen atoms in total. The third-order valence-corrected chi connectivity index (χ3v) is 1.33. The second-order valence-electron chi connectivity index (χ2n) is 1.47. The number of hydrogen-bond donors (Lipinski definition) is 2. The molecule has 0 heterocycles. The summed E-state index contributed by atoms with van der Waals surface area (Å²) in [5, 5.41) is 8.31. The molecule has 0 saturated heterocycles. The average molecular weight is 165 g/mol. The van der Waals surface area contributed by atoms with Crippen LogP contribution in [0.4, 0.5) is 0 Å². The summed E-state index contributed by atoms with van der Waals surface area (Å²) in [6.45, 7) is 0. The Hall–Kier alpha value is -0.160. The van der Waals surface area contributed by atoms with E-state index >= 15 is 0 Å². The zero-order valence-electron chi connectivity index (χ0n) is 4.65. The topological polar surface area (TPSA) is 49.7 Å². The van der Waals surface area contributed by atoms with Gasteiger partial charge in [0.25, 0.3) is 0 Å². The van der Waals surface area contributed by atoms with Crippen LogP contribution in [0.25, 0.3) is 0 Å². The predicted molar refractivity (Wildman–Crippen MR) is 39.7 cm³/mol. The number of carboxylic acid groups (broad SMARTS) is 1. The fourth-order valence-electron chi connectivity index (χ4n) is 0.344. The van der Waals surface area contributed by atoms with Crippen LogP contribution in [-0.2, 0) is 17.2 Å². The molecule has 0 saturated carbocycles. The number of carbonyl (C=O) groups is 1. The van der Waals surface area contributed by atoms with Gasteiger partial charge >= 0.3 is 5.97 Å². The van der Waals surface area contributed by atoms with Crippen LogP contribution in [-0.4, -0.2) is 22.9 Å². The molecule has 0 fully saturated rings. The number of nitrogens with zero attached hydrogens (tertiary/aromatic N) is 1. The van der Waals surface area contributed by atoms with Crippen molar-refractivity contribution in [3.8, 4) is 0 Å². The number of thiol groups is 1. The van der Waals surface area contributed by atoms with E-state index in [9.17, 15) is 4.79 Å². The fourth-order valence-corrected chi connectivity index (χ4v) is 0.784. The van der Waals surface area contributed by atoms with Gasteiger partial charge in [0.1, 0.15) is 0 Å². The lowest BCUT2D eigenvalue weighted by atomic mass is 10.2. The van der Waals surface area contributed by atoms with E-state index in [0.717, 1.165) is 0 Å². The minimum Gasteiger partial charge on any atom is -0.480 e. The number of hydrogen-bond acceptors (Lipinski definition) is 4. The van der Waals surface area contributed by atoms with Gasteiger partial charge in [0.15, 0.2) is 6.04 Å². The Kier molecular flexibility index (Phi) is 4.61. The monoisotopic (exact) mass is 165 g/mol. The van der Waals surface area contributed by atoms with Crippen molar-refractivity contribution >= 4 is 31.0 Å². The van der Waals surface area contributed by atoms with Crippen LogP contribution in [0.1, 0.15) is 6.42 Å². The van der Waals surface area contributed by atoms with E-state index in [-0.39, 0.29) is 0 Å². The third-order valence-electron chi connectivity index (χ3n) is 0.815. The average Bonchev–Trinajstić information content (AvgIpc) is 1.82. The normalized spacial score (nSPS) is 12.6. The van der Waals surface area contributed by atoms with E-state index in [4.69, 9.17) is 5.11 Å². The molecule has 0 rings (SSSR count). The first-order valence-corrected chi connectivity index (χ1v) is 3.38. The highest BCUT2D eigenvalue weighted by Gasteiger charge is 2.13. The maximum absolute atomic E-state index is 10.1. The van der Waals surface area contributed by atoms with Gasteiger partial charge in [0.2, 0.25) is 0 Å². The highest BCUT2D eigenvalue weighted by molar-refractivity contribution is 7.80. The summed E-state index contributed by atoms with van der Waals surface area (Å²) >= 11 is 8.06. The molecule has 0 aromatic heterocycles. The first-order chi connectivity index (χ1) is 4.22. The highest BCUT2D eigenvalue weighted by atomic mass is 32.1. The van der Waals surface area contributed by atoms with Crippen molar-refractivity contribution in [2.24, 2.45) is 4.36 Å². The maximum atomic E-state index is 10.1. The van der Waals surface area contributed by atoms with E-state index in [1.54, 1.807) is 0 Å². The summed E-state index contributed by atoms with van der Waals surface area (Å²) in [6.07, 6.45) is 0.405. The number of carboxylic acids is 1. The van der Waals surface area contributed by atoms with Crippen LogP contribution in [0.2, 0.25) is 0 Å². The lowest BCUT2D eigenvalue weighted by Crippen LogP contribution is -2.17. The zero-order valence-corrected chi connectivity index (χ0v) is 6.36. The number of rotatable bonds is 4. The molecule has 0 spiro atoms. The molecule has 1 N–H and O–H groups in total. The molecule has 1 atom stereocenters. The van der Waals surface area contributed by atoms with Crippen molar-refractivity contribution in [1.29, 1.82) is 0 Å². The molecule has 5 heteroatoms. The zero-order chi connectivity index (χ0) is 7.28. The van der Waals surface area contributed by atoms with Gasteiger partial charge in [-0.2, -0.15) is 12.6 Å². The van der Waals surface area contributed by atoms with Crippen LogP contribution in [0.5, 0.6) is 0 Å². The van der Waals surface area contributed by atoms with Crippen molar-refractivity contribution in [2.45, 2.75) is 12.5 Å². The van der Waals surface area contributed by atoms with Crippen LogP contribution in [0.15, 0.2) is 4.36 Å². The molecule has 0 aliphatic carbocycles. The van der Waals surface area contributed by atoms with Gasteiger partial charge in [0, 0.05) is 12.4 Å². The lowest BCUT2D eigenvalue weighted by molar-refractivity contribution is -0.138. The Morgan fingerprint density at radius 3 is 2.56 bits per heavy atom. The molecular formula is C4H7NO2S2. The Balaban J connectivity index is 3.68. The summed E-state index contributed by atoms with van der Waals surface area (Å²) in [5.41, 5.74) is 0. The molecule has 52 valence electrons. The molecule has 0 amide bonds. The maximum Gasteiger partial charge on any atom is 0.329 e. The Morgan fingerprint density at radius 1 is 1.89 bits per heavy atom. The summed E-state index contributed by atoms with van der Waals surface area (Å²) in [5.74, 6) is -0.476. The number of aliphatic carboxylic acids is 1. The minimum absolute atomic E-state index is 0.405. The first-order valence-electron chi connectivity index (χ1n) is 2.38. The first kappa shape index (κ1) is 8.84. The van der Waals surface area contributed by atoms with E-state index in [1.165, 1.54) is 0 Å².